The lowest BCUT2D eigenvalue weighted by molar-refractivity contribution is 0.0704. The first kappa shape index (κ1) is 15.5. The van der Waals surface area contributed by atoms with Crippen LogP contribution in [0.25, 0.3) is 5.69 Å². The maximum absolute atomic E-state index is 13.1. The van der Waals surface area contributed by atoms with Gasteiger partial charge in [-0.3, -0.25) is 9.89 Å². The SMILES string of the molecule is Cc1nc([C@@H]2CCCN(C(=O)c3ccccc3-n3cncn3)C2)n[nH]1. The fourth-order valence-electron chi connectivity index (χ4n) is 3.27. The number of H-pyrrole nitrogens is 1. The van der Waals surface area contributed by atoms with Crippen molar-refractivity contribution in [1.82, 2.24) is 34.8 Å². The number of benzene rings is 1. The lowest BCUT2D eigenvalue weighted by Gasteiger charge is -2.32. The number of rotatable bonds is 3. The Morgan fingerprint density at radius 2 is 2.20 bits per heavy atom. The van der Waals surface area contributed by atoms with Crippen molar-refractivity contribution in [3.8, 4) is 5.69 Å². The van der Waals surface area contributed by atoms with E-state index in [1.54, 1.807) is 11.0 Å². The van der Waals surface area contributed by atoms with Gasteiger partial charge in [-0.1, -0.05) is 12.1 Å². The van der Waals surface area contributed by atoms with E-state index in [0.29, 0.717) is 12.1 Å². The van der Waals surface area contributed by atoms with Gasteiger partial charge in [0.1, 0.15) is 18.5 Å². The van der Waals surface area contributed by atoms with Crippen LogP contribution in [0.4, 0.5) is 0 Å². The zero-order valence-electron chi connectivity index (χ0n) is 14.0. The van der Waals surface area contributed by atoms with Crippen molar-refractivity contribution in [3.63, 3.8) is 0 Å². The molecule has 3 aromatic rings. The topological polar surface area (TPSA) is 92.6 Å². The smallest absolute Gasteiger partial charge is 0.256 e. The highest BCUT2D eigenvalue weighted by atomic mass is 16.2. The molecule has 0 radical (unpaired) electrons. The second-order valence-corrected chi connectivity index (χ2v) is 6.23. The minimum Gasteiger partial charge on any atom is -0.338 e. The van der Waals surface area contributed by atoms with E-state index in [1.807, 2.05) is 36.1 Å². The van der Waals surface area contributed by atoms with Gasteiger partial charge in [-0.05, 0) is 31.9 Å². The molecule has 1 aliphatic heterocycles. The number of nitrogens with one attached hydrogen (secondary N) is 1. The predicted molar refractivity (Wildman–Crippen MR) is 90.4 cm³/mol. The van der Waals surface area contributed by atoms with Gasteiger partial charge < -0.3 is 4.90 Å². The molecule has 0 unspecified atom stereocenters. The number of aromatic nitrogens is 6. The van der Waals surface area contributed by atoms with Crippen LogP contribution in [0, 0.1) is 6.92 Å². The van der Waals surface area contributed by atoms with Crippen LogP contribution in [0.2, 0.25) is 0 Å². The number of carbonyl (C=O) groups excluding carboxylic acids is 1. The van der Waals surface area contributed by atoms with Crippen LogP contribution in [0.5, 0.6) is 0 Å². The molecule has 128 valence electrons. The molecule has 8 heteroatoms. The number of piperidine rings is 1. The van der Waals surface area contributed by atoms with E-state index in [1.165, 1.54) is 6.33 Å². The van der Waals surface area contributed by atoms with E-state index in [0.717, 1.165) is 36.7 Å². The molecule has 0 aliphatic carbocycles. The van der Waals surface area contributed by atoms with Gasteiger partial charge in [0.15, 0.2) is 5.82 Å². The number of aromatic amines is 1. The van der Waals surface area contributed by atoms with Crippen LogP contribution in [0.1, 0.15) is 40.8 Å². The Morgan fingerprint density at radius 1 is 1.32 bits per heavy atom. The first-order valence-corrected chi connectivity index (χ1v) is 8.34. The van der Waals surface area contributed by atoms with Gasteiger partial charge in [0.2, 0.25) is 0 Å². The molecule has 1 amide bonds. The van der Waals surface area contributed by atoms with Crippen LogP contribution in [-0.4, -0.2) is 53.8 Å². The highest BCUT2D eigenvalue weighted by Gasteiger charge is 2.28. The van der Waals surface area contributed by atoms with Crippen molar-refractivity contribution in [2.75, 3.05) is 13.1 Å². The molecule has 0 spiro atoms. The van der Waals surface area contributed by atoms with Crippen molar-refractivity contribution in [2.45, 2.75) is 25.7 Å². The Kier molecular flexibility index (Phi) is 4.01. The van der Waals surface area contributed by atoms with Crippen molar-refractivity contribution >= 4 is 5.91 Å². The summed E-state index contributed by atoms with van der Waals surface area (Å²) in [5, 5.41) is 11.3. The van der Waals surface area contributed by atoms with Crippen LogP contribution in [0.15, 0.2) is 36.9 Å². The van der Waals surface area contributed by atoms with Crippen LogP contribution >= 0.6 is 0 Å². The Morgan fingerprint density at radius 3 is 2.96 bits per heavy atom. The van der Waals surface area contributed by atoms with Crippen LogP contribution in [-0.2, 0) is 0 Å². The molecule has 1 aliphatic rings. The fourth-order valence-corrected chi connectivity index (χ4v) is 3.27. The summed E-state index contributed by atoms with van der Waals surface area (Å²) in [7, 11) is 0. The molecule has 1 fully saturated rings. The Balaban J connectivity index is 1.59. The summed E-state index contributed by atoms with van der Waals surface area (Å²) in [5.41, 5.74) is 1.36. The molecule has 1 atom stereocenters. The quantitative estimate of drug-likeness (QED) is 0.785. The third-order valence-electron chi connectivity index (χ3n) is 4.49. The first-order valence-electron chi connectivity index (χ1n) is 8.34. The molecule has 1 aromatic carbocycles. The maximum atomic E-state index is 13.1. The number of hydrogen-bond acceptors (Lipinski definition) is 5. The summed E-state index contributed by atoms with van der Waals surface area (Å²) in [6, 6.07) is 7.47. The minimum atomic E-state index is 0.00283. The van der Waals surface area contributed by atoms with Crippen LogP contribution in [0.3, 0.4) is 0 Å². The average Bonchev–Trinajstić information content (AvgIpc) is 3.33. The van der Waals surface area contributed by atoms with Gasteiger partial charge in [-0.2, -0.15) is 10.2 Å². The molecule has 4 rings (SSSR count). The van der Waals surface area contributed by atoms with Crippen LogP contribution < -0.4 is 0 Å². The molecule has 25 heavy (non-hydrogen) atoms. The third kappa shape index (κ3) is 3.02. The normalized spacial score (nSPS) is 17.6. The molecule has 0 saturated carbocycles. The maximum Gasteiger partial charge on any atom is 0.256 e. The van der Waals surface area contributed by atoms with E-state index in [2.05, 4.69) is 25.3 Å². The zero-order valence-corrected chi connectivity index (χ0v) is 14.0. The predicted octanol–water partition coefficient (Wildman–Crippen LogP) is 1.71. The van der Waals surface area contributed by atoms with Crippen molar-refractivity contribution in [3.05, 3.63) is 54.1 Å². The number of nitrogens with zero attached hydrogens (tertiary/aromatic N) is 6. The number of para-hydroxylation sites is 1. The summed E-state index contributed by atoms with van der Waals surface area (Å²) >= 11 is 0. The summed E-state index contributed by atoms with van der Waals surface area (Å²) in [5.74, 6) is 1.76. The lowest BCUT2D eigenvalue weighted by atomic mass is 9.96. The molecule has 1 N–H and O–H groups in total. The van der Waals surface area contributed by atoms with E-state index in [9.17, 15) is 4.79 Å². The average molecular weight is 337 g/mol. The number of amides is 1. The van der Waals surface area contributed by atoms with E-state index in [4.69, 9.17) is 0 Å². The second-order valence-electron chi connectivity index (χ2n) is 6.23. The molecule has 3 heterocycles. The molecular weight excluding hydrogens is 318 g/mol. The third-order valence-corrected chi connectivity index (χ3v) is 4.49. The minimum absolute atomic E-state index is 0.00283. The van der Waals surface area contributed by atoms with Crippen molar-refractivity contribution in [1.29, 1.82) is 0 Å². The summed E-state index contributed by atoms with van der Waals surface area (Å²) in [6.45, 7) is 3.25. The Bertz CT molecular complexity index is 871. The fraction of sp³-hybridized carbons (Fsp3) is 0.353. The van der Waals surface area contributed by atoms with Gasteiger partial charge in [-0.15, -0.1) is 0 Å². The monoisotopic (exact) mass is 337 g/mol. The molecule has 0 bridgehead atoms. The van der Waals surface area contributed by atoms with Crippen molar-refractivity contribution in [2.24, 2.45) is 0 Å². The first-order chi connectivity index (χ1) is 12.2. The lowest BCUT2D eigenvalue weighted by Crippen LogP contribution is -2.39. The number of hydrogen-bond donors (Lipinski definition) is 1. The van der Waals surface area contributed by atoms with Gasteiger partial charge >= 0.3 is 0 Å². The summed E-state index contributed by atoms with van der Waals surface area (Å²) in [6.07, 6.45) is 4.99. The molecular formula is C17H19N7O. The second kappa shape index (κ2) is 6.46. The highest BCUT2D eigenvalue weighted by Crippen LogP contribution is 2.26. The van der Waals surface area contributed by atoms with E-state index < -0.39 is 0 Å². The zero-order chi connectivity index (χ0) is 17.2. The largest absolute Gasteiger partial charge is 0.338 e. The van der Waals surface area contributed by atoms with Gasteiger partial charge in [-0.25, -0.2) is 14.6 Å². The Labute approximate surface area is 144 Å². The standard InChI is InChI=1S/C17H19N7O/c1-12-20-16(22-21-12)13-5-4-8-23(9-13)17(25)14-6-2-3-7-15(14)24-11-18-10-19-24/h2-3,6-7,10-11,13H,4-5,8-9H2,1H3,(H,20,21,22)/t13-/m1/s1. The number of carbonyl (C=O) groups is 1. The Hall–Kier alpha value is -3.03. The summed E-state index contributed by atoms with van der Waals surface area (Å²) < 4.78 is 1.62. The number of aryl methyl sites for hydroxylation is 1. The molecule has 2 aromatic heterocycles. The molecule has 1 saturated heterocycles. The van der Waals surface area contributed by atoms with Gasteiger partial charge in [0, 0.05) is 19.0 Å². The van der Waals surface area contributed by atoms with Gasteiger partial charge in [0.25, 0.3) is 5.91 Å². The number of likely N-dealkylation sites (tertiary alicyclic amines) is 1. The summed E-state index contributed by atoms with van der Waals surface area (Å²) in [4.78, 5) is 23.4. The van der Waals surface area contributed by atoms with E-state index >= 15 is 0 Å². The van der Waals surface area contributed by atoms with Crippen molar-refractivity contribution < 1.29 is 4.79 Å². The van der Waals surface area contributed by atoms with E-state index in [-0.39, 0.29) is 11.8 Å². The molecule has 8 nitrogen and oxygen atoms in total. The highest BCUT2D eigenvalue weighted by molar-refractivity contribution is 5.97. The van der Waals surface area contributed by atoms with Gasteiger partial charge in [0.05, 0.1) is 11.3 Å².